The Kier molecular flexibility index (Phi) is 5.05. The van der Waals surface area contributed by atoms with Crippen molar-refractivity contribution in [1.29, 1.82) is 0 Å². The third-order valence-corrected chi connectivity index (χ3v) is 9.78. The molecule has 0 saturated carbocycles. The zero-order valence-electron chi connectivity index (χ0n) is 24.4. The van der Waals surface area contributed by atoms with Gasteiger partial charge in [0.05, 0.1) is 0 Å². The van der Waals surface area contributed by atoms with Crippen LogP contribution >= 0.6 is 0 Å². The molecule has 1 aliphatic carbocycles. The van der Waals surface area contributed by atoms with E-state index in [0.29, 0.717) is 0 Å². The van der Waals surface area contributed by atoms with Crippen molar-refractivity contribution in [3.05, 3.63) is 157 Å². The van der Waals surface area contributed by atoms with Crippen molar-refractivity contribution in [2.75, 3.05) is 0 Å². The molecule has 9 rings (SSSR count). The van der Waals surface area contributed by atoms with Crippen LogP contribution in [-0.2, 0) is 5.41 Å². The maximum atomic E-state index is 2.48. The maximum absolute atomic E-state index is 2.48. The molecule has 0 aliphatic heterocycles. The van der Waals surface area contributed by atoms with E-state index in [-0.39, 0.29) is 5.41 Å². The normalized spacial score (nSPS) is 13.5. The molecule has 0 radical (unpaired) electrons. The van der Waals surface area contributed by atoms with Gasteiger partial charge < -0.3 is 0 Å². The molecule has 0 fully saturated rings. The number of rotatable bonds is 2. The summed E-state index contributed by atoms with van der Waals surface area (Å²) in [6, 6.07) is 54.2. The van der Waals surface area contributed by atoms with Crippen LogP contribution in [0.1, 0.15) is 25.0 Å². The van der Waals surface area contributed by atoms with E-state index in [4.69, 9.17) is 0 Å². The van der Waals surface area contributed by atoms with Gasteiger partial charge in [0.15, 0.2) is 0 Å². The molecule has 8 aromatic rings. The highest BCUT2D eigenvalue weighted by molar-refractivity contribution is 6.11. The van der Waals surface area contributed by atoms with E-state index in [1.807, 2.05) is 0 Å². The maximum Gasteiger partial charge on any atom is 0.0159 e. The summed E-state index contributed by atoms with van der Waals surface area (Å²) >= 11 is 0. The molecule has 0 aromatic heterocycles. The van der Waals surface area contributed by atoms with Gasteiger partial charge in [0.1, 0.15) is 0 Å². The fourth-order valence-electron chi connectivity index (χ4n) is 7.47. The minimum absolute atomic E-state index is 0.0842. The summed E-state index contributed by atoms with van der Waals surface area (Å²) in [4.78, 5) is 0. The zero-order valence-corrected chi connectivity index (χ0v) is 24.4. The molecule has 0 N–H and O–H groups in total. The van der Waals surface area contributed by atoms with Crippen molar-refractivity contribution in [1.82, 2.24) is 0 Å². The van der Waals surface area contributed by atoms with Gasteiger partial charge in [-0.3, -0.25) is 0 Å². The van der Waals surface area contributed by atoms with Crippen molar-refractivity contribution < 1.29 is 0 Å². The molecule has 0 nitrogen and oxygen atoms in total. The lowest BCUT2D eigenvalue weighted by Crippen LogP contribution is -2.15. The van der Waals surface area contributed by atoms with E-state index >= 15 is 0 Å². The van der Waals surface area contributed by atoms with Crippen LogP contribution in [0.4, 0.5) is 0 Å². The van der Waals surface area contributed by atoms with Crippen LogP contribution in [0.15, 0.2) is 146 Å². The van der Waals surface area contributed by atoms with Crippen molar-refractivity contribution in [3.63, 3.8) is 0 Å². The molecular formula is C43H30. The zero-order chi connectivity index (χ0) is 28.7. The molecule has 0 amide bonds. The minimum atomic E-state index is -0.0842. The Bertz CT molecular complexity index is 2420. The first-order chi connectivity index (χ1) is 21.0. The highest BCUT2D eigenvalue weighted by atomic mass is 14.4. The van der Waals surface area contributed by atoms with Crippen molar-refractivity contribution in [2.24, 2.45) is 0 Å². The van der Waals surface area contributed by atoms with E-state index in [1.165, 1.54) is 87.6 Å². The summed E-state index contributed by atoms with van der Waals surface area (Å²) in [6.45, 7) is 4.78. The Morgan fingerprint density at radius 1 is 0.349 bits per heavy atom. The van der Waals surface area contributed by atoms with Gasteiger partial charge in [0.25, 0.3) is 0 Å². The van der Waals surface area contributed by atoms with Crippen LogP contribution in [0.5, 0.6) is 0 Å². The molecule has 0 heterocycles. The second-order valence-electron chi connectivity index (χ2n) is 12.6. The van der Waals surface area contributed by atoms with Gasteiger partial charge >= 0.3 is 0 Å². The quantitative estimate of drug-likeness (QED) is 0.202. The topological polar surface area (TPSA) is 0 Å². The largest absolute Gasteiger partial charge is 0.0616 e. The van der Waals surface area contributed by atoms with Crippen LogP contribution in [0.2, 0.25) is 0 Å². The highest BCUT2D eigenvalue weighted by Crippen LogP contribution is 2.54. The fourth-order valence-corrected chi connectivity index (χ4v) is 7.47. The van der Waals surface area contributed by atoms with Gasteiger partial charge in [0, 0.05) is 5.41 Å². The Morgan fingerprint density at radius 3 is 1.53 bits per heavy atom. The van der Waals surface area contributed by atoms with E-state index in [9.17, 15) is 0 Å². The van der Waals surface area contributed by atoms with Gasteiger partial charge in [-0.1, -0.05) is 123 Å². The van der Waals surface area contributed by atoms with E-state index in [0.717, 1.165) is 0 Å². The molecule has 0 unspecified atom stereocenters. The Morgan fingerprint density at radius 2 is 0.837 bits per heavy atom. The molecular weight excluding hydrogens is 516 g/mol. The predicted molar refractivity (Wildman–Crippen MR) is 185 cm³/mol. The number of benzene rings is 8. The summed E-state index contributed by atoms with van der Waals surface area (Å²) in [5.41, 5.74) is 10.6. The fraction of sp³-hybridized carbons (Fsp3) is 0.0698. The average molecular weight is 547 g/mol. The van der Waals surface area contributed by atoms with Crippen LogP contribution in [-0.4, -0.2) is 0 Å². The van der Waals surface area contributed by atoms with Gasteiger partial charge in [-0.15, -0.1) is 0 Å². The molecule has 0 atom stereocenters. The average Bonchev–Trinajstić information content (AvgIpc) is 3.28. The van der Waals surface area contributed by atoms with Crippen LogP contribution in [0.25, 0.3) is 76.5 Å². The number of fused-ring (bicyclic) bond motifs is 8. The van der Waals surface area contributed by atoms with Crippen LogP contribution in [0.3, 0.4) is 0 Å². The standard InChI is InChI=1S/C43H30/c1-43(2)40-25-30-12-6-5-11-29(30)24-39(40)42-37-14-8-7-13-36(37)38(26-41(42)43)35-20-19-33-22-32(17-18-34(33)23-35)31-16-15-27-9-3-4-10-28(27)21-31/h3-26H,1-2H3. The van der Waals surface area contributed by atoms with Crippen molar-refractivity contribution >= 4 is 43.1 Å². The lowest BCUT2D eigenvalue weighted by molar-refractivity contribution is 0.662. The van der Waals surface area contributed by atoms with E-state index in [1.54, 1.807) is 0 Å². The predicted octanol–water partition coefficient (Wildman–Crippen LogP) is 11.9. The van der Waals surface area contributed by atoms with Gasteiger partial charge in [-0.2, -0.15) is 0 Å². The summed E-state index contributed by atoms with van der Waals surface area (Å²) in [7, 11) is 0. The SMILES string of the molecule is CC1(C)c2cc3ccccc3cc2-c2c1cc(-c1ccc3cc(-c4ccc5ccccc5c4)ccc3c1)c1ccccc21. The molecule has 43 heavy (non-hydrogen) atoms. The number of hydrogen-bond acceptors (Lipinski definition) is 0. The third-order valence-electron chi connectivity index (χ3n) is 9.78. The second kappa shape index (κ2) is 8.90. The molecule has 202 valence electrons. The van der Waals surface area contributed by atoms with E-state index < -0.39 is 0 Å². The summed E-state index contributed by atoms with van der Waals surface area (Å²) in [5, 5.41) is 10.3. The van der Waals surface area contributed by atoms with E-state index in [2.05, 4.69) is 159 Å². The molecule has 0 bridgehead atoms. The smallest absolute Gasteiger partial charge is 0.0159 e. The first-order valence-electron chi connectivity index (χ1n) is 15.2. The Balaban J connectivity index is 1.21. The lowest BCUT2D eigenvalue weighted by Gasteiger charge is -2.23. The minimum Gasteiger partial charge on any atom is -0.0616 e. The van der Waals surface area contributed by atoms with Crippen LogP contribution in [0, 0.1) is 0 Å². The van der Waals surface area contributed by atoms with Crippen molar-refractivity contribution in [2.45, 2.75) is 19.3 Å². The highest BCUT2D eigenvalue weighted by Gasteiger charge is 2.37. The van der Waals surface area contributed by atoms with Crippen LogP contribution < -0.4 is 0 Å². The van der Waals surface area contributed by atoms with Crippen molar-refractivity contribution in [3.8, 4) is 33.4 Å². The van der Waals surface area contributed by atoms with Gasteiger partial charge in [-0.05, 0) is 124 Å². The lowest BCUT2D eigenvalue weighted by atomic mass is 9.80. The Hall–Kier alpha value is -5.20. The van der Waals surface area contributed by atoms with Gasteiger partial charge in [0.2, 0.25) is 0 Å². The van der Waals surface area contributed by atoms with Gasteiger partial charge in [-0.25, -0.2) is 0 Å². The Labute approximate surface area is 251 Å². The second-order valence-corrected chi connectivity index (χ2v) is 12.6. The first kappa shape index (κ1) is 24.4. The molecule has 0 spiro atoms. The molecule has 8 aromatic carbocycles. The third kappa shape index (κ3) is 3.63. The monoisotopic (exact) mass is 546 g/mol. The summed E-state index contributed by atoms with van der Waals surface area (Å²) in [6.07, 6.45) is 0. The molecule has 0 heteroatoms. The molecule has 1 aliphatic rings. The number of hydrogen-bond donors (Lipinski definition) is 0. The molecule has 0 saturated heterocycles. The summed E-state index contributed by atoms with van der Waals surface area (Å²) in [5.74, 6) is 0. The first-order valence-corrected chi connectivity index (χ1v) is 15.2. The summed E-state index contributed by atoms with van der Waals surface area (Å²) < 4.78 is 0.